The van der Waals surface area contributed by atoms with E-state index < -0.39 is 0 Å². The summed E-state index contributed by atoms with van der Waals surface area (Å²) in [6, 6.07) is 17.2. The molecule has 2 aromatic carbocycles. The zero-order valence-electron chi connectivity index (χ0n) is 17.1. The maximum atomic E-state index is 14.1. The number of fused-ring (bicyclic) bond motifs is 1. The summed E-state index contributed by atoms with van der Waals surface area (Å²) < 4.78 is 20.2. The molecule has 2 aromatic rings. The Morgan fingerprint density at radius 2 is 2.10 bits per heavy atom. The SMILES string of the molecule is CN=C(NCc1cc(C#N)ccc1F)N1CC2OCCN(Cc3ccccc3)C2C1. The molecule has 0 aliphatic carbocycles. The number of aliphatic imine (C=N–C) groups is 1. The van der Waals surface area contributed by atoms with Gasteiger partial charge in [-0.05, 0) is 23.8 Å². The van der Waals surface area contributed by atoms with Crippen molar-refractivity contribution in [2.75, 3.05) is 33.3 Å². The first-order valence-corrected chi connectivity index (χ1v) is 10.2. The largest absolute Gasteiger partial charge is 0.373 e. The van der Waals surface area contributed by atoms with Crippen LogP contribution in [0.1, 0.15) is 16.7 Å². The van der Waals surface area contributed by atoms with Crippen LogP contribution in [0.25, 0.3) is 0 Å². The van der Waals surface area contributed by atoms with Gasteiger partial charge in [0.25, 0.3) is 0 Å². The summed E-state index contributed by atoms with van der Waals surface area (Å²) in [6.07, 6.45) is 0.125. The molecule has 0 saturated carbocycles. The summed E-state index contributed by atoms with van der Waals surface area (Å²) in [7, 11) is 1.73. The molecule has 30 heavy (non-hydrogen) atoms. The third-order valence-corrected chi connectivity index (χ3v) is 5.77. The van der Waals surface area contributed by atoms with Gasteiger partial charge in [-0.15, -0.1) is 0 Å². The monoisotopic (exact) mass is 407 g/mol. The second-order valence-corrected chi connectivity index (χ2v) is 7.66. The molecule has 0 amide bonds. The molecule has 0 radical (unpaired) electrons. The maximum Gasteiger partial charge on any atom is 0.194 e. The first-order valence-electron chi connectivity index (χ1n) is 10.2. The van der Waals surface area contributed by atoms with Crippen molar-refractivity contribution in [3.8, 4) is 6.07 Å². The van der Waals surface area contributed by atoms with Crippen LogP contribution in [0.15, 0.2) is 53.5 Å². The molecule has 2 fully saturated rings. The van der Waals surface area contributed by atoms with Gasteiger partial charge in [-0.2, -0.15) is 5.26 Å². The number of halogens is 1. The van der Waals surface area contributed by atoms with Gasteiger partial charge in [0, 0.05) is 45.3 Å². The smallest absolute Gasteiger partial charge is 0.194 e. The minimum atomic E-state index is -0.329. The standard InChI is InChI=1S/C23H26FN5O/c1-26-23(27-13-19-11-18(12-25)7-8-20(19)24)29-15-21-22(16-29)30-10-9-28(21)14-17-5-3-2-4-6-17/h2-8,11,21-22H,9-10,13-16H2,1H3,(H,26,27). The van der Waals surface area contributed by atoms with Crippen molar-refractivity contribution in [2.24, 2.45) is 4.99 Å². The van der Waals surface area contributed by atoms with Gasteiger partial charge < -0.3 is 15.0 Å². The molecule has 2 saturated heterocycles. The van der Waals surface area contributed by atoms with Crippen LogP contribution in [-0.2, 0) is 17.8 Å². The van der Waals surface area contributed by atoms with Crippen molar-refractivity contribution in [3.63, 3.8) is 0 Å². The van der Waals surface area contributed by atoms with Crippen LogP contribution in [-0.4, -0.2) is 61.2 Å². The number of hydrogen-bond donors (Lipinski definition) is 1. The summed E-state index contributed by atoms with van der Waals surface area (Å²) in [5.41, 5.74) is 2.20. The van der Waals surface area contributed by atoms with E-state index in [1.54, 1.807) is 13.1 Å². The van der Waals surface area contributed by atoms with E-state index in [4.69, 9.17) is 10.00 Å². The highest BCUT2D eigenvalue weighted by Gasteiger charge is 2.41. The number of nitrogens with one attached hydrogen (secondary N) is 1. The van der Waals surface area contributed by atoms with E-state index in [9.17, 15) is 4.39 Å². The quantitative estimate of drug-likeness (QED) is 0.623. The number of likely N-dealkylation sites (tertiary alicyclic amines) is 1. The maximum absolute atomic E-state index is 14.1. The number of hydrogen-bond acceptors (Lipinski definition) is 4. The third kappa shape index (κ3) is 4.45. The van der Waals surface area contributed by atoms with Crippen molar-refractivity contribution >= 4 is 5.96 Å². The minimum absolute atomic E-state index is 0.125. The molecule has 2 heterocycles. The van der Waals surface area contributed by atoms with Crippen molar-refractivity contribution in [1.82, 2.24) is 15.1 Å². The Balaban J connectivity index is 1.41. The van der Waals surface area contributed by atoms with Crippen molar-refractivity contribution in [2.45, 2.75) is 25.2 Å². The Bertz CT molecular complexity index is 942. The Morgan fingerprint density at radius 3 is 2.87 bits per heavy atom. The van der Waals surface area contributed by atoms with E-state index in [1.807, 2.05) is 6.07 Å². The molecule has 2 aliphatic heterocycles. The van der Waals surface area contributed by atoms with Crippen LogP contribution in [0.4, 0.5) is 4.39 Å². The van der Waals surface area contributed by atoms with Gasteiger partial charge in [-0.3, -0.25) is 9.89 Å². The molecule has 1 N–H and O–H groups in total. The molecule has 7 heteroatoms. The lowest BCUT2D eigenvalue weighted by Gasteiger charge is -2.36. The summed E-state index contributed by atoms with van der Waals surface area (Å²) in [4.78, 5) is 9.04. The van der Waals surface area contributed by atoms with Crippen LogP contribution in [0.2, 0.25) is 0 Å². The van der Waals surface area contributed by atoms with E-state index >= 15 is 0 Å². The second-order valence-electron chi connectivity index (χ2n) is 7.66. The second kappa shape index (κ2) is 9.24. The van der Waals surface area contributed by atoms with Crippen LogP contribution in [0, 0.1) is 17.1 Å². The summed E-state index contributed by atoms with van der Waals surface area (Å²) >= 11 is 0. The molecule has 0 aromatic heterocycles. The Hall–Kier alpha value is -2.95. The number of morpholine rings is 1. The van der Waals surface area contributed by atoms with E-state index in [0.717, 1.165) is 38.7 Å². The highest BCUT2D eigenvalue weighted by molar-refractivity contribution is 5.80. The lowest BCUT2D eigenvalue weighted by molar-refractivity contribution is -0.0502. The Morgan fingerprint density at radius 1 is 1.27 bits per heavy atom. The normalized spacial score (nSPS) is 21.9. The predicted molar refractivity (Wildman–Crippen MR) is 113 cm³/mol. The molecule has 2 unspecified atom stereocenters. The van der Waals surface area contributed by atoms with Gasteiger partial charge in [0.1, 0.15) is 5.82 Å². The minimum Gasteiger partial charge on any atom is -0.373 e. The number of rotatable bonds is 4. The van der Waals surface area contributed by atoms with Crippen molar-refractivity contribution in [1.29, 1.82) is 5.26 Å². The summed E-state index contributed by atoms with van der Waals surface area (Å²) in [6.45, 7) is 4.35. The molecule has 0 bridgehead atoms. The van der Waals surface area contributed by atoms with E-state index in [-0.39, 0.29) is 24.5 Å². The van der Waals surface area contributed by atoms with Crippen LogP contribution in [0.5, 0.6) is 0 Å². The zero-order chi connectivity index (χ0) is 20.9. The first-order chi connectivity index (χ1) is 14.7. The van der Waals surface area contributed by atoms with Crippen molar-refractivity contribution < 1.29 is 9.13 Å². The average Bonchev–Trinajstić information content (AvgIpc) is 3.21. The zero-order valence-corrected chi connectivity index (χ0v) is 17.1. The fourth-order valence-corrected chi connectivity index (χ4v) is 4.23. The fourth-order valence-electron chi connectivity index (χ4n) is 4.23. The molecular weight excluding hydrogens is 381 g/mol. The van der Waals surface area contributed by atoms with E-state index in [0.29, 0.717) is 11.1 Å². The molecule has 2 aliphatic rings. The van der Waals surface area contributed by atoms with Gasteiger partial charge in [0.05, 0.1) is 30.4 Å². The van der Waals surface area contributed by atoms with Crippen LogP contribution in [0.3, 0.4) is 0 Å². The molecule has 0 spiro atoms. The van der Waals surface area contributed by atoms with E-state index in [1.165, 1.54) is 17.7 Å². The Kier molecular flexibility index (Phi) is 6.26. The van der Waals surface area contributed by atoms with Gasteiger partial charge in [0.15, 0.2) is 5.96 Å². The van der Waals surface area contributed by atoms with Gasteiger partial charge in [-0.25, -0.2) is 4.39 Å². The van der Waals surface area contributed by atoms with Gasteiger partial charge in [-0.1, -0.05) is 30.3 Å². The lowest BCUT2D eigenvalue weighted by atomic mass is 10.1. The third-order valence-electron chi connectivity index (χ3n) is 5.77. The number of guanidine groups is 1. The number of benzene rings is 2. The molecule has 156 valence electrons. The molecular formula is C23H26FN5O. The highest BCUT2D eigenvalue weighted by atomic mass is 19.1. The molecule has 2 atom stereocenters. The van der Waals surface area contributed by atoms with Crippen LogP contribution < -0.4 is 5.32 Å². The number of nitrogens with zero attached hydrogens (tertiary/aromatic N) is 4. The number of nitriles is 1. The predicted octanol–water partition coefficient (Wildman–Crippen LogP) is 2.36. The van der Waals surface area contributed by atoms with Gasteiger partial charge in [0.2, 0.25) is 0 Å². The molecule has 6 nitrogen and oxygen atoms in total. The van der Waals surface area contributed by atoms with Crippen molar-refractivity contribution in [3.05, 3.63) is 71.0 Å². The average molecular weight is 407 g/mol. The summed E-state index contributed by atoms with van der Waals surface area (Å²) in [5, 5.41) is 12.3. The number of ether oxygens (including phenoxy) is 1. The lowest BCUT2D eigenvalue weighted by Crippen LogP contribution is -2.50. The van der Waals surface area contributed by atoms with E-state index in [2.05, 4.69) is 50.4 Å². The molecule has 4 rings (SSSR count). The topological polar surface area (TPSA) is 63.9 Å². The van der Waals surface area contributed by atoms with Gasteiger partial charge >= 0.3 is 0 Å². The van der Waals surface area contributed by atoms with Crippen LogP contribution >= 0.6 is 0 Å². The first kappa shape index (κ1) is 20.3. The Labute approximate surface area is 176 Å². The fraction of sp³-hybridized carbons (Fsp3) is 0.391. The summed E-state index contributed by atoms with van der Waals surface area (Å²) in [5.74, 6) is 0.388. The highest BCUT2D eigenvalue weighted by Crippen LogP contribution is 2.24.